The van der Waals surface area contributed by atoms with Crippen LogP contribution in [0.3, 0.4) is 0 Å². The summed E-state index contributed by atoms with van der Waals surface area (Å²) in [6.07, 6.45) is 5.08. The average molecular weight is 219 g/mol. The second-order valence-corrected chi connectivity index (χ2v) is 5.14. The van der Waals surface area contributed by atoms with Crippen LogP contribution < -0.4 is 5.32 Å². The Balaban J connectivity index is 2.02. The topological polar surface area (TPSA) is 12.0 Å². The Morgan fingerprint density at radius 3 is 2.62 bits per heavy atom. The zero-order valence-electron chi connectivity index (χ0n) is 9.67. The zero-order valence-corrected chi connectivity index (χ0v) is 9.67. The summed E-state index contributed by atoms with van der Waals surface area (Å²) in [5.74, 6) is 1.37. The van der Waals surface area contributed by atoms with Crippen molar-refractivity contribution in [2.45, 2.75) is 37.6 Å². The second-order valence-electron chi connectivity index (χ2n) is 5.14. The fourth-order valence-electron chi connectivity index (χ4n) is 3.13. The standard InChI is InChI=1S/C14H18FN/c1-16-14-7-6-11(9-2-3-9)13-8-10(15)4-5-12(13)14/h4-5,8-9,11,14,16H,2-3,6-7H2,1H3. The minimum Gasteiger partial charge on any atom is -0.313 e. The third kappa shape index (κ3) is 1.65. The van der Waals surface area contributed by atoms with E-state index in [2.05, 4.69) is 5.32 Å². The molecule has 1 fully saturated rings. The summed E-state index contributed by atoms with van der Waals surface area (Å²) in [5.41, 5.74) is 2.60. The molecule has 1 N–H and O–H groups in total. The lowest BCUT2D eigenvalue weighted by molar-refractivity contribution is 0.418. The lowest BCUT2D eigenvalue weighted by atomic mass is 9.77. The smallest absolute Gasteiger partial charge is 0.123 e. The summed E-state index contributed by atoms with van der Waals surface area (Å²) in [5, 5.41) is 3.34. The van der Waals surface area contributed by atoms with E-state index in [9.17, 15) is 4.39 Å². The molecule has 2 heteroatoms. The fourth-order valence-corrected chi connectivity index (χ4v) is 3.13. The van der Waals surface area contributed by atoms with Gasteiger partial charge >= 0.3 is 0 Å². The first-order valence-electron chi connectivity index (χ1n) is 6.26. The van der Waals surface area contributed by atoms with Crippen LogP contribution in [0.1, 0.15) is 48.8 Å². The number of benzene rings is 1. The van der Waals surface area contributed by atoms with Crippen molar-refractivity contribution in [1.29, 1.82) is 0 Å². The zero-order chi connectivity index (χ0) is 11.1. The molecule has 3 rings (SSSR count). The van der Waals surface area contributed by atoms with Gasteiger partial charge in [0.25, 0.3) is 0 Å². The van der Waals surface area contributed by atoms with E-state index in [-0.39, 0.29) is 5.82 Å². The van der Waals surface area contributed by atoms with Crippen LogP contribution >= 0.6 is 0 Å². The highest BCUT2D eigenvalue weighted by Gasteiger charge is 2.37. The van der Waals surface area contributed by atoms with E-state index in [1.807, 2.05) is 13.1 Å². The lowest BCUT2D eigenvalue weighted by Crippen LogP contribution is -2.24. The van der Waals surface area contributed by atoms with Gasteiger partial charge < -0.3 is 5.32 Å². The van der Waals surface area contributed by atoms with Gasteiger partial charge in [-0.15, -0.1) is 0 Å². The van der Waals surface area contributed by atoms with Crippen molar-refractivity contribution in [3.8, 4) is 0 Å². The van der Waals surface area contributed by atoms with E-state index in [0.717, 1.165) is 5.92 Å². The molecular formula is C14H18FN. The molecule has 2 atom stereocenters. The normalized spacial score (nSPS) is 28.9. The molecule has 0 spiro atoms. The van der Waals surface area contributed by atoms with Gasteiger partial charge in [0.05, 0.1) is 0 Å². The molecule has 1 aromatic rings. The molecule has 1 aromatic carbocycles. The Kier molecular flexibility index (Phi) is 2.47. The molecule has 2 unspecified atom stereocenters. The first-order chi connectivity index (χ1) is 7.79. The molecule has 0 amide bonds. The van der Waals surface area contributed by atoms with Gasteiger partial charge in [0, 0.05) is 6.04 Å². The van der Waals surface area contributed by atoms with E-state index in [1.54, 1.807) is 12.1 Å². The van der Waals surface area contributed by atoms with Gasteiger partial charge in [-0.2, -0.15) is 0 Å². The van der Waals surface area contributed by atoms with Gasteiger partial charge in [0.15, 0.2) is 0 Å². The highest BCUT2D eigenvalue weighted by molar-refractivity contribution is 5.37. The van der Waals surface area contributed by atoms with Crippen LogP contribution in [0.5, 0.6) is 0 Å². The Morgan fingerprint density at radius 2 is 1.94 bits per heavy atom. The van der Waals surface area contributed by atoms with Crippen LogP contribution in [0.4, 0.5) is 4.39 Å². The number of halogens is 1. The third-order valence-corrected chi connectivity index (χ3v) is 4.13. The summed E-state index contributed by atoms with van der Waals surface area (Å²) < 4.78 is 13.4. The fraction of sp³-hybridized carbons (Fsp3) is 0.571. The van der Waals surface area contributed by atoms with E-state index < -0.39 is 0 Å². The lowest BCUT2D eigenvalue weighted by Gasteiger charge is -2.31. The molecule has 1 saturated carbocycles. The van der Waals surface area contributed by atoms with Gasteiger partial charge in [0.2, 0.25) is 0 Å². The van der Waals surface area contributed by atoms with Crippen LogP contribution in [0.25, 0.3) is 0 Å². The largest absolute Gasteiger partial charge is 0.313 e. The molecule has 2 aliphatic rings. The van der Waals surface area contributed by atoms with E-state index in [1.165, 1.54) is 36.8 Å². The van der Waals surface area contributed by atoms with Crippen LogP contribution in [0.2, 0.25) is 0 Å². The minimum atomic E-state index is -0.0823. The van der Waals surface area contributed by atoms with Crippen LogP contribution in [-0.4, -0.2) is 7.05 Å². The maximum absolute atomic E-state index is 13.4. The van der Waals surface area contributed by atoms with Gasteiger partial charge in [0.1, 0.15) is 5.82 Å². The second kappa shape index (κ2) is 3.85. The first kappa shape index (κ1) is 10.3. The third-order valence-electron chi connectivity index (χ3n) is 4.13. The van der Waals surface area contributed by atoms with Gasteiger partial charge in [-0.05, 0) is 67.8 Å². The van der Waals surface area contributed by atoms with Crippen molar-refractivity contribution < 1.29 is 4.39 Å². The Bertz CT molecular complexity index is 398. The Hall–Kier alpha value is -0.890. The van der Waals surface area contributed by atoms with Crippen LogP contribution in [0, 0.1) is 11.7 Å². The molecule has 1 nitrogen and oxygen atoms in total. The van der Waals surface area contributed by atoms with E-state index in [4.69, 9.17) is 0 Å². The first-order valence-corrected chi connectivity index (χ1v) is 6.26. The summed E-state index contributed by atoms with van der Waals surface area (Å²) in [6, 6.07) is 5.76. The average Bonchev–Trinajstić information content (AvgIpc) is 3.11. The van der Waals surface area contributed by atoms with Crippen molar-refractivity contribution in [3.05, 3.63) is 35.1 Å². The maximum atomic E-state index is 13.4. The van der Waals surface area contributed by atoms with Crippen LogP contribution in [0.15, 0.2) is 18.2 Å². The molecule has 86 valence electrons. The molecule has 0 heterocycles. The summed E-state index contributed by atoms with van der Waals surface area (Å²) in [6.45, 7) is 0. The van der Waals surface area contributed by atoms with Crippen molar-refractivity contribution in [2.75, 3.05) is 7.05 Å². The molecule has 0 aliphatic heterocycles. The van der Waals surface area contributed by atoms with Crippen molar-refractivity contribution in [2.24, 2.45) is 5.92 Å². The SMILES string of the molecule is CNC1CCC(C2CC2)c2cc(F)ccc21. The monoisotopic (exact) mass is 219 g/mol. The molecular weight excluding hydrogens is 201 g/mol. The van der Waals surface area contributed by atoms with Gasteiger partial charge in [-0.3, -0.25) is 0 Å². The minimum absolute atomic E-state index is 0.0823. The van der Waals surface area contributed by atoms with Crippen LogP contribution in [-0.2, 0) is 0 Å². The molecule has 2 aliphatic carbocycles. The molecule has 0 radical (unpaired) electrons. The number of nitrogens with one attached hydrogen (secondary N) is 1. The Labute approximate surface area is 96.1 Å². The van der Waals surface area contributed by atoms with Gasteiger partial charge in [-0.25, -0.2) is 4.39 Å². The highest BCUT2D eigenvalue weighted by Crippen LogP contribution is 2.50. The predicted octanol–water partition coefficient (Wildman–Crippen LogP) is 3.37. The molecule has 0 bridgehead atoms. The van der Waals surface area contributed by atoms with Crippen molar-refractivity contribution in [3.63, 3.8) is 0 Å². The number of fused-ring (bicyclic) bond motifs is 1. The predicted molar refractivity (Wildman–Crippen MR) is 62.9 cm³/mol. The number of rotatable bonds is 2. The number of hydrogen-bond donors (Lipinski definition) is 1. The molecule has 16 heavy (non-hydrogen) atoms. The molecule has 0 saturated heterocycles. The number of hydrogen-bond acceptors (Lipinski definition) is 1. The van der Waals surface area contributed by atoms with Crippen molar-refractivity contribution in [1.82, 2.24) is 5.32 Å². The van der Waals surface area contributed by atoms with E-state index >= 15 is 0 Å². The Morgan fingerprint density at radius 1 is 1.12 bits per heavy atom. The summed E-state index contributed by atoms with van der Waals surface area (Å²) in [4.78, 5) is 0. The highest BCUT2D eigenvalue weighted by atomic mass is 19.1. The maximum Gasteiger partial charge on any atom is 0.123 e. The van der Waals surface area contributed by atoms with E-state index in [0.29, 0.717) is 12.0 Å². The molecule has 0 aromatic heterocycles. The van der Waals surface area contributed by atoms with Gasteiger partial charge in [-0.1, -0.05) is 6.07 Å². The summed E-state index contributed by atoms with van der Waals surface area (Å²) in [7, 11) is 2.00. The summed E-state index contributed by atoms with van der Waals surface area (Å²) >= 11 is 0. The quantitative estimate of drug-likeness (QED) is 0.804. The van der Waals surface area contributed by atoms with Crippen molar-refractivity contribution >= 4 is 0 Å².